The molecule has 13 heteroatoms. The van der Waals surface area contributed by atoms with Gasteiger partial charge in [-0.1, -0.05) is 11.8 Å². The summed E-state index contributed by atoms with van der Waals surface area (Å²) < 4.78 is 61.5. The average Bonchev–Trinajstić information content (AvgIpc) is 3.14. The number of hydrogen-bond donors (Lipinski definition) is 1. The number of alkyl halides is 3. The quantitative estimate of drug-likeness (QED) is 0.559. The summed E-state index contributed by atoms with van der Waals surface area (Å²) >= 11 is 0.748. The number of rotatable bonds is 5. The molecule has 1 amide bonds. The van der Waals surface area contributed by atoms with Gasteiger partial charge in [-0.2, -0.15) is 13.2 Å². The summed E-state index contributed by atoms with van der Waals surface area (Å²) in [6.07, 6.45) is -2.74. The first-order valence-corrected chi connectivity index (χ1v) is 10.3. The molecule has 1 aromatic rings. The van der Waals surface area contributed by atoms with Crippen LogP contribution in [0.1, 0.15) is 25.1 Å². The van der Waals surface area contributed by atoms with E-state index in [1.165, 1.54) is 0 Å². The molecular formula is C12H16F3N5O3S2. The monoisotopic (exact) mass is 399 g/mol. The van der Waals surface area contributed by atoms with Crippen LogP contribution in [0.15, 0.2) is 5.16 Å². The first kappa shape index (κ1) is 18.3. The molecule has 2 N–H and O–H groups in total. The maximum atomic E-state index is 12.6. The van der Waals surface area contributed by atoms with E-state index in [4.69, 9.17) is 5.84 Å². The van der Waals surface area contributed by atoms with Crippen molar-refractivity contribution < 1.29 is 26.4 Å². The van der Waals surface area contributed by atoms with E-state index in [1.54, 1.807) is 4.90 Å². The molecule has 0 radical (unpaired) electrons. The number of hydrogen-bond acceptors (Lipinski definition) is 7. The van der Waals surface area contributed by atoms with Crippen molar-refractivity contribution in [2.75, 3.05) is 23.1 Å². The minimum Gasteiger partial charge on any atom is -0.335 e. The van der Waals surface area contributed by atoms with E-state index in [1.807, 2.05) is 0 Å². The number of carbonyl (C=O) groups excluding carboxylic acids is 1. The van der Waals surface area contributed by atoms with E-state index in [-0.39, 0.29) is 40.4 Å². The zero-order chi connectivity index (χ0) is 18.4. The Labute approximate surface area is 145 Å². The number of thioether (sulfide) groups is 1. The highest BCUT2D eigenvalue weighted by atomic mass is 32.2. The molecular weight excluding hydrogens is 383 g/mol. The predicted octanol–water partition coefficient (Wildman–Crippen LogP) is 0.281. The number of aromatic nitrogens is 3. The molecule has 3 rings (SSSR count). The molecule has 2 heterocycles. The second-order valence-electron chi connectivity index (χ2n) is 6.05. The maximum absolute atomic E-state index is 12.6. The summed E-state index contributed by atoms with van der Waals surface area (Å²) in [5, 5.41) is 6.12. The van der Waals surface area contributed by atoms with Gasteiger partial charge in [0, 0.05) is 12.1 Å². The third-order valence-corrected chi connectivity index (χ3v) is 6.75. The van der Waals surface area contributed by atoms with Crippen LogP contribution in [-0.4, -0.2) is 63.4 Å². The summed E-state index contributed by atoms with van der Waals surface area (Å²) in [6.45, 7) is 0. The minimum atomic E-state index is -4.73. The van der Waals surface area contributed by atoms with Crippen LogP contribution in [-0.2, 0) is 20.8 Å². The Morgan fingerprint density at radius 1 is 1.28 bits per heavy atom. The van der Waals surface area contributed by atoms with Crippen molar-refractivity contribution in [1.82, 2.24) is 19.8 Å². The zero-order valence-electron chi connectivity index (χ0n) is 12.9. The SMILES string of the molecule is Nn1c(SCC(=O)N(C2CC2)[C@H]2CCS(=O)(=O)C2)nnc1C(F)(F)F. The number of nitrogens with two attached hydrogens (primary N) is 1. The van der Waals surface area contributed by atoms with Gasteiger partial charge in [-0.15, -0.1) is 10.2 Å². The molecule has 1 atom stereocenters. The molecule has 1 aliphatic heterocycles. The fraction of sp³-hybridized carbons (Fsp3) is 0.750. The van der Waals surface area contributed by atoms with Crippen molar-refractivity contribution in [2.24, 2.45) is 0 Å². The predicted molar refractivity (Wildman–Crippen MR) is 82.8 cm³/mol. The van der Waals surface area contributed by atoms with Gasteiger partial charge < -0.3 is 10.7 Å². The fourth-order valence-electron chi connectivity index (χ4n) is 2.82. The zero-order valence-corrected chi connectivity index (χ0v) is 14.6. The van der Waals surface area contributed by atoms with Crippen LogP contribution in [0.3, 0.4) is 0 Å². The summed E-state index contributed by atoms with van der Waals surface area (Å²) in [6, 6.07) is -0.361. The second-order valence-corrected chi connectivity index (χ2v) is 9.22. The van der Waals surface area contributed by atoms with Crippen LogP contribution in [0.25, 0.3) is 0 Å². The van der Waals surface area contributed by atoms with Crippen LogP contribution in [0.4, 0.5) is 13.2 Å². The highest BCUT2D eigenvalue weighted by Crippen LogP contribution is 2.33. The fourth-order valence-corrected chi connectivity index (χ4v) is 5.26. The minimum absolute atomic E-state index is 0.00730. The first-order valence-electron chi connectivity index (χ1n) is 7.50. The molecule has 1 saturated carbocycles. The summed E-state index contributed by atoms with van der Waals surface area (Å²) in [5.74, 6) is 3.46. The van der Waals surface area contributed by atoms with Gasteiger partial charge in [0.25, 0.3) is 5.82 Å². The lowest BCUT2D eigenvalue weighted by molar-refractivity contribution is -0.146. The normalized spacial score (nSPS) is 22.9. The van der Waals surface area contributed by atoms with E-state index in [9.17, 15) is 26.4 Å². The number of carbonyl (C=O) groups is 1. The van der Waals surface area contributed by atoms with Gasteiger partial charge >= 0.3 is 6.18 Å². The van der Waals surface area contributed by atoms with E-state index in [0.717, 1.165) is 24.6 Å². The number of sulfone groups is 1. The number of nitrogens with zero attached hydrogens (tertiary/aromatic N) is 4. The van der Waals surface area contributed by atoms with Crippen LogP contribution >= 0.6 is 11.8 Å². The van der Waals surface area contributed by atoms with Gasteiger partial charge in [-0.05, 0) is 19.3 Å². The van der Waals surface area contributed by atoms with E-state index < -0.39 is 21.8 Å². The van der Waals surface area contributed by atoms with Crippen LogP contribution < -0.4 is 5.84 Å². The van der Waals surface area contributed by atoms with Gasteiger partial charge in [0.05, 0.1) is 17.3 Å². The molecule has 8 nitrogen and oxygen atoms in total. The Morgan fingerprint density at radius 2 is 1.96 bits per heavy atom. The summed E-state index contributed by atoms with van der Waals surface area (Å²) in [5.41, 5.74) is 0. The van der Waals surface area contributed by atoms with Crippen molar-refractivity contribution in [3.8, 4) is 0 Å². The molecule has 140 valence electrons. The van der Waals surface area contributed by atoms with E-state index >= 15 is 0 Å². The van der Waals surface area contributed by atoms with Crippen molar-refractivity contribution in [3.05, 3.63) is 5.82 Å². The molecule has 0 aromatic carbocycles. The number of halogens is 3. The molecule has 25 heavy (non-hydrogen) atoms. The third kappa shape index (κ3) is 4.02. The average molecular weight is 399 g/mol. The Bertz CT molecular complexity index is 775. The molecule has 0 unspecified atom stereocenters. The van der Waals surface area contributed by atoms with E-state index in [2.05, 4.69) is 10.2 Å². The molecule has 2 fully saturated rings. The summed E-state index contributed by atoms with van der Waals surface area (Å²) in [7, 11) is -3.14. The third-order valence-electron chi connectivity index (χ3n) is 4.07. The molecule has 0 bridgehead atoms. The first-order chi connectivity index (χ1) is 11.6. The molecule has 2 aliphatic rings. The molecule has 1 saturated heterocycles. The van der Waals surface area contributed by atoms with Gasteiger partial charge in [0.2, 0.25) is 11.1 Å². The van der Waals surface area contributed by atoms with Crippen molar-refractivity contribution in [1.29, 1.82) is 0 Å². The molecule has 1 aromatic heterocycles. The van der Waals surface area contributed by atoms with Crippen molar-refractivity contribution in [3.63, 3.8) is 0 Å². The lowest BCUT2D eigenvalue weighted by atomic mass is 10.2. The maximum Gasteiger partial charge on any atom is 0.453 e. The molecule has 1 aliphatic carbocycles. The number of nitrogen functional groups attached to an aromatic ring is 1. The highest BCUT2D eigenvalue weighted by Gasteiger charge is 2.42. The van der Waals surface area contributed by atoms with E-state index in [0.29, 0.717) is 11.1 Å². The van der Waals surface area contributed by atoms with Gasteiger partial charge in [0.15, 0.2) is 9.84 Å². The smallest absolute Gasteiger partial charge is 0.335 e. The van der Waals surface area contributed by atoms with Crippen LogP contribution in [0.2, 0.25) is 0 Å². The van der Waals surface area contributed by atoms with Gasteiger partial charge in [0.1, 0.15) is 0 Å². The topological polar surface area (TPSA) is 111 Å². The summed E-state index contributed by atoms with van der Waals surface area (Å²) in [4.78, 5) is 14.1. The lowest BCUT2D eigenvalue weighted by Crippen LogP contribution is -2.43. The van der Waals surface area contributed by atoms with Gasteiger partial charge in [-0.3, -0.25) is 4.79 Å². The largest absolute Gasteiger partial charge is 0.453 e. The second kappa shape index (κ2) is 6.34. The van der Waals surface area contributed by atoms with Gasteiger partial charge in [-0.25, -0.2) is 13.1 Å². The Balaban J connectivity index is 1.66. The van der Waals surface area contributed by atoms with Crippen LogP contribution in [0, 0.1) is 0 Å². The van der Waals surface area contributed by atoms with Crippen molar-refractivity contribution in [2.45, 2.75) is 42.7 Å². The lowest BCUT2D eigenvalue weighted by Gasteiger charge is -2.28. The number of amides is 1. The van der Waals surface area contributed by atoms with Crippen molar-refractivity contribution >= 4 is 27.5 Å². The Hall–Kier alpha value is -1.50. The highest BCUT2D eigenvalue weighted by molar-refractivity contribution is 7.99. The standard InChI is InChI=1S/C12H16F3N5O3S2/c13-12(14,15)10-17-18-11(20(10)16)24-5-9(21)19(7-1-2-7)8-3-4-25(22,23)6-8/h7-8H,1-6,16H2/t8-/m0/s1. The van der Waals surface area contributed by atoms with Crippen LogP contribution in [0.5, 0.6) is 0 Å². The molecule has 0 spiro atoms. The Kier molecular flexibility index (Phi) is 4.64. The Morgan fingerprint density at radius 3 is 2.44 bits per heavy atom.